The van der Waals surface area contributed by atoms with E-state index >= 15 is 0 Å². The van der Waals surface area contributed by atoms with Crippen molar-refractivity contribution in [2.75, 3.05) is 7.11 Å². The van der Waals surface area contributed by atoms with Crippen LogP contribution in [0.1, 0.15) is 28.7 Å². The van der Waals surface area contributed by atoms with Crippen molar-refractivity contribution in [3.63, 3.8) is 0 Å². The van der Waals surface area contributed by atoms with Crippen LogP contribution in [0.15, 0.2) is 36.4 Å². The monoisotopic (exact) mass is 271 g/mol. The second kappa shape index (κ2) is 6.19. The number of hydrogen-bond donors (Lipinski definition) is 0. The number of ketones is 1. The predicted octanol–water partition coefficient (Wildman–Crippen LogP) is 3.18. The number of methoxy groups -OCH3 is 1. The molecule has 0 amide bonds. The highest BCUT2D eigenvalue weighted by Crippen LogP contribution is 2.28. The molecule has 4 nitrogen and oxygen atoms in total. The quantitative estimate of drug-likeness (QED) is 0.784. The summed E-state index contributed by atoms with van der Waals surface area (Å²) < 4.78 is 11.0. The number of Topliss-reactive ketones (excluding diaryl/α,β-unsaturated/α-hetero) is 1. The molecule has 0 aliphatic heterocycles. The number of aryl methyl sites for hydroxylation is 1. The Hall–Kier alpha value is -2.36. The number of pyridine rings is 1. The summed E-state index contributed by atoms with van der Waals surface area (Å²) in [6, 6.07) is 10.9. The fourth-order valence-corrected chi connectivity index (χ4v) is 1.84. The maximum atomic E-state index is 11.3. The SMILES string of the molecule is COc1cc(C(C)=O)ccc1OCc1cccc(C)n1. The van der Waals surface area contributed by atoms with Gasteiger partial charge < -0.3 is 9.47 Å². The molecule has 0 radical (unpaired) electrons. The summed E-state index contributed by atoms with van der Waals surface area (Å²) in [6.45, 7) is 3.81. The predicted molar refractivity (Wildman–Crippen MR) is 76.3 cm³/mol. The second-order valence-corrected chi connectivity index (χ2v) is 4.48. The highest BCUT2D eigenvalue weighted by atomic mass is 16.5. The average Bonchev–Trinajstić information content (AvgIpc) is 2.45. The van der Waals surface area contributed by atoms with Gasteiger partial charge in [-0.05, 0) is 44.2 Å². The molecular weight excluding hydrogens is 254 g/mol. The van der Waals surface area contributed by atoms with Gasteiger partial charge in [-0.3, -0.25) is 9.78 Å². The Bertz CT molecular complexity index is 623. The molecule has 2 aromatic rings. The van der Waals surface area contributed by atoms with Crippen molar-refractivity contribution in [2.24, 2.45) is 0 Å². The van der Waals surface area contributed by atoms with Crippen LogP contribution in [-0.4, -0.2) is 17.9 Å². The molecule has 0 saturated carbocycles. The Morgan fingerprint density at radius 1 is 1.20 bits per heavy atom. The molecule has 2 rings (SSSR count). The zero-order chi connectivity index (χ0) is 14.5. The van der Waals surface area contributed by atoms with Crippen molar-refractivity contribution >= 4 is 5.78 Å². The largest absolute Gasteiger partial charge is 0.493 e. The first kappa shape index (κ1) is 14.1. The van der Waals surface area contributed by atoms with Gasteiger partial charge in [-0.15, -0.1) is 0 Å². The maximum Gasteiger partial charge on any atom is 0.161 e. The molecular formula is C16H17NO3. The van der Waals surface area contributed by atoms with Crippen LogP contribution in [0.2, 0.25) is 0 Å². The fraction of sp³-hybridized carbons (Fsp3) is 0.250. The van der Waals surface area contributed by atoms with Crippen molar-refractivity contribution in [1.29, 1.82) is 0 Å². The summed E-state index contributed by atoms with van der Waals surface area (Å²) in [4.78, 5) is 15.7. The number of carbonyl (C=O) groups is 1. The van der Waals surface area contributed by atoms with Crippen molar-refractivity contribution in [3.05, 3.63) is 53.3 Å². The third-order valence-electron chi connectivity index (χ3n) is 2.89. The lowest BCUT2D eigenvalue weighted by atomic mass is 10.1. The van der Waals surface area contributed by atoms with E-state index in [4.69, 9.17) is 9.47 Å². The summed E-state index contributed by atoms with van der Waals surface area (Å²) in [5.74, 6) is 1.14. The van der Waals surface area contributed by atoms with Crippen LogP contribution in [0.5, 0.6) is 11.5 Å². The zero-order valence-corrected chi connectivity index (χ0v) is 11.8. The first-order valence-electron chi connectivity index (χ1n) is 6.34. The van der Waals surface area contributed by atoms with E-state index < -0.39 is 0 Å². The van der Waals surface area contributed by atoms with Crippen molar-refractivity contribution in [2.45, 2.75) is 20.5 Å². The van der Waals surface area contributed by atoms with E-state index in [2.05, 4.69) is 4.98 Å². The first-order valence-corrected chi connectivity index (χ1v) is 6.34. The zero-order valence-electron chi connectivity index (χ0n) is 11.8. The molecule has 0 aliphatic rings. The van der Waals surface area contributed by atoms with Crippen LogP contribution in [0.3, 0.4) is 0 Å². The molecule has 0 fully saturated rings. The van der Waals surface area contributed by atoms with Gasteiger partial charge in [-0.2, -0.15) is 0 Å². The van der Waals surface area contributed by atoms with Gasteiger partial charge in [0.2, 0.25) is 0 Å². The molecule has 0 spiro atoms. The van der Waals surface area contributed by atoms with E-state index in [1.54, 1.807) is 25.3 Å². The van der Waals surface area contributed by atoms with E-state index in [0.717, 1.165) is 11.4 Å². The van der Waals surface area contributed by atoms with Crippen LogP contribution in [0, 0.1) is 6.92 Å². The van der Waals surface area contributed by atoms with E-state index in [1.807, 2.05) is 25.1 Å². The molecule has 0 saturated heterocycles. The number of ether oxygens (including phenoxy) is 2. The fourth-order valence-electron chi connectivity index (χ4n) is 1.84. The number of rotatable bonds is 5. The highest BCUT2D eigenvalue weighted by molar-refractivity contribution is 5.94. The summed E-state index contributed by atoms with van der Waals surface area (Å²) >= 11 is 0. The van der Waals surface area contributed by atoms with Gasteiger partial charge in [-0.1, -0.05) is 6.07 Å². The van der Waals surface area contributed by atoms with Crippen LogP contribution in [0.25, 0.3) is 0 Å². The molecule has 104 valence electrons. The van der Waals surface area contributed by atoms with Gasteiger partial charge in [0.15, 0.2) is 17.3 Å². The lowest BCUT2D eigenvalue weighted by Crippen LogP contribution is -2.01. The van der Waals surface area contributed by atoms with E-state index in [-0.39, 0.29) is 5.78 Å². The van der Waals surface area contributed by atoms with Crippen LogP contribution >= 0.6 is 0 Å². The Morgan fingerprint density at radius 2 is 2.00 bits per heavy atom. The molecule has 0 unspecified atom stereocenters. The first-order chi connectivity index (χ1) is 9.60. The molecule has 1 heterocycles. The average molecular weight is 271 g/mol. The van der Waals surface area contributed by atoms with Gasteiger partial charge in [0.25, 0.3) is 0 Å². The van der Waals surface area contributed by atoms with E-state index in [9.17, 15) is 4.79 Å². The van der Waals surface area contributed by atoms with Gasteiger partial charge >= 0.3 is 0 Å². The van der Waals surface area contributed by atoms with Crippen molar-refractivity contribution in [1.82, 2.24) is 4.98 Å². The third kappa shape index (κ3) is 3.35. The summed E-state index contributed by atoms with van der Waals surface area (Å²) in [7, 11) is 1.55. The lowest BCUT2D eigenvalue weighted by Gasteiger charge is -2.11. The number of benzene rings is 1. The van der Waals surface area contributed by atoms with Gasteiger partial charge in [-0.25, -0.2) is 0 Å². The van der Waals surface area contributed by atoms with Crippen molar-refractivity contribution in [3.8, 4) is 11.5 Å². The maximum absolute atomic E-state index is 11.3. The number of nitrogens with zero attached hydrogens (tertiary/aromatic N) is 1. The lowest BCUT2D eigenvalue weighted by molar-refractivity contribution is 0.101. The minimum absolute atomic E-state index is 0.00444. The van der Waals surface area contributed by atoms with Crippen LogP contribution in [0.4, 0.5) is 0 Å². The standard InChI is InChI=1S/C16H17NO3/c1-11-5-4-6-14(17-11)10-20-15-8-7-13(12(2)18)9-16(15)19-3/h4-9H,10H2,1-3H3. The minimum atomic E-state index is -0.00444. The normalized spacial score (nSPS) is 10.2. The van der Waals surface area contributed by atoms with E-state index in [0.29, 0.717) is 23.7 Å². The summed E-state index contributed by atoms with van der Waals surface area (Å²) in [6.07, 6.45) is 0. The smallest absolute Gasteiger partial charge is 0.161 e. The third-order valence-corrected chi connectivity index (χ3v) is 2.89. The molecule has 20 heavy (non-hydrogen) atoms. The van der Waals surface area contributed by atoms with Gasteiger partial charge in [0.05, 0.1) is 12.8 Å². The molecule has 4 heteroatoms. The molecule has 1 aromatic heterocycles. The topological polar surface area (TPSA) is 48.4 Å². The van der Waals surface area contributed by atoms with Crippen molar-refractivity contribution < 1.29 is 14.3 Å². The Labute approximate surface area is 118 Å². The minimum Gasteiger partial charge on any atom is -0.493 e. The summed E-state index contributed by atoms with van der Waals surface area (Å²) in [5.41, 5.74) is 2.40. The molecule has 1 aromatic carbocycles. The van der Waals surface area contributed by atoms with Crippen LogP contribution < -0.4 is 9.47 Å². The number of aromatic nitrogens is 1. The van der Waals surface area contributed by atoms with Crippen LogP contribution in [-0.2, 0) is 6.61 Å². The van der Waals surface area contributed by atoms with E-state index in [1.165, 1.54) is 6.92 Å². The van der Waals surface area contributed by atoms with Gasteiger partial charge in [0, 0.05) is 11.3 Å². The number of carbonyl (C=O) groups excluding carboxylic acids is 1. The molecule has 0 bridgehead atoms. The molecule has 0 N–H and O–H groups in total. The summed E-state index contributed by atoms with van der Waals surface area (Å²) in [5, 5.41) is 0. The second-order valence-electron chi connectivity index (χ2n) is 4.48. The van der Waals surface area contributed by atoms with Gasteiger partial charge in [0.1, 0.15) is 6.61 Å². The highest BCUT2D eigenvalue weighted by Gasteiger charge is 2.08. The Kier molecular flexibility index (Phi) is 4.35. The molecule has 0 atom stereocenters. The Balaban J connectivity index is 2.15. The number of hydrogen-bond acceptors (Lipinski definition) is 4. The Morgan fingerprint density at radius 3 is 2.65 bits per heavy atom. The molecule has 0 aliphatic carbocycles.